The van der Waals surface area contributed by atoms with Crippen molar-refractivity contribution in [2.45, 2.75) is 25.2 Å². The fraction of sp³-hybridized carbons (Fsp3) is 0.167. The third-order valence-corrected chi connectivity index (χ3v) is 7.13. The van der Waals surface area contributed by atoms with Crippen LogP contribution in [0.3, 0.4) is 0 Å². The highest BCUT2D eigenvalue weighted by molar-refractivity contribution is 7.21. The zero-order valence-corrected chi connectivity index (χ0v) is 17.8. The number of carbonyl (C=O) groups is 1. The number of aromatic nitrogens is 1. The summed E-state index contributed by atoms with van der Waals surface area (Å²) in [4.78, 5) is 19.0. The summed E-state index contributed by atoms with van der Waals surface area (Å²) in [7, 11) is 0. The number of nitrogens with two attached hydrogens (primary N) is 1. The Balaban J connectivity index is 1.47. The lowest BCUT2D eigenvalue weighted by Gasteiger charge is -2.24. The van der Waals surface area contributed by atoms with Gasteiger partial charge in [-0.1, -0.05) is 54.1 Å². The van der Waals surface area contributed by atoms with Gasteiger partial charge in [-0.05, 0) is 54.5 Å². The molecule has 2 aromatic carbocycles. The van der Waals surface area contributed by atoms with Crippen LogP contribution in [0.5, 0.6) is 0 Å². The summed E-state index contributed by atoms with van der Waals surface area (Å²) < 4.78 is 0. The number of anilines is 2. The summed E-state index contributed by atoms with van der Waals surface area (Å²) in [6.45, 7) is 0. The Hall–Kier alpha value is -2.89. The van der Waals surface area contributed by atoms with Crippen LogP contribution in [0.25, 0.3) is 10.2 Å². The van der Waals surface area contributed by atoms with E-state index in [1.807, 2.05) is 18.2 Å². The predicted octanol–water partition coefficient (Wildman–Crippen LogP) is 6.06. The Bertz CT molecular complexity index is 1250. The van der Waals surface area contributed by atoms with E-state index in [1.54, 1.807) is 12.1 Å². The van der Waals surface area contributed by atoms with E-state index in [1.165, 1.54) is 22.5 Å². The van der Waals surface area contributed by atoms with E-state index in [4.69, 9.17) is 22.3 Å². The van der Waals surface area contributed by atoms with E-state index in [9.17, 15) is 4.79 Å². The second-order valence-electron chi connectivity index (χ2n) is 7.58. The maximum atomic E-state index is 12.8. The molecule has 1 unspecified atom stereocenters. The molecule has 4 aromatic rings. The number of fused-ring (bicyclic) bond motifs is 2. The van der Waals surface area contributed by atoms with Crippen molar-refractivity contribution in [2.24, 2.45) is 0 Å². The van der Waals surface area contributed by atoms with Crippen LogP contribution in [0, 0.1) is 0 Å². The molecule has 0 saturated carbocycles. The first kappa shape index (κ1) is 19.1. The molecule has 1 atom stereocenters. The molecule has 0 aliphatic heterocycles. The highest BCUT2D eigenvalue weighted by Crippen LogP contribution is 2.38. The lowest BCUT2D eigenvalue weighted by molar-refractivity contribution is 0.103. The number of hydrogen-bond donors (Lipinski definition) is 2. The van der Waals surface area contributed by atoms with Crippen molar-refractivity contribution < 1.29 is 4.79 Å². The van der Waals surface area contributed by atoms with Gasteiger partial charge in [0.25, 0.3) is 5.91 Å². The van der Waals surface area contributed by atoms with E-state index >= 15 is 0 Å². The number of hydrogen-bond acceptors (Lipinski definition) is 4. The van der Waals surface area contributed by atoms with Gasteiger partial charge < -0.3 is 11.1 Å². The quantitative estimate of drug-likeness (QED) is 0.412. The van der Waals surface area contributed by atoms with Gasteiger partial charge in [-0.3, -0.25) is 4.79 Å². The molecule has 0 spiro atoms. The maximum Gasteiger partial charge on any atom is 0.267 e. The highest BCUT2D eigenvalue weighted by Gasteiger charge is 2.24. The van der Waals surface area contributed by atoms with Gasteiger partial charge in [0.2, 0.25) is 0 Å². The molecule has 1 amide bonds. The molecular formula is C24H20ClN3OS. The third kappa shape index (κ3) is 3.44. The van der Waals surface area contributed by atoms with Crippen molar-refractivity contribution in [3.63, 3.8) is 0 Å². The molecule has 1 aliphatic rings. The first-order valence-corrected chi connectivity index (χ1v) is 11.1. The molecule has 0 radical (unpaired) electrons. The number of benzene rings is 2. The number of carbonyl (C=O) groups excluding carboxylic acids is 1. The topological polar surface area (TPSA) is 68.0 Å². The normalized spacial score (nSPS) is 15.7. The molecule has 5 rings (SSSR count). The molecule has 0 bridgehead atoms. The monoisotopic (exact) mass is 433 g/mol. The summed E-state index contributed by atoms with van der Waals surface area (Å²) in [5.41, 5.74) is 11.1. The Morgan fingerprint density at radius 3 is 2.70 bits per heavy atom. The Labute approximate surface area is 183 Å². The first-order valence-electron chi connectivity index (χ1n) is 9.91. The van der Waals surface area contributed by atoms with Crippen molar-refractivity contribution in [1.29, 1.82) is 0 Å². The first-order chi connectivity index (χ1) is 14.6. The van der Waals surface area contributed by atoms with E-state index in [0.29, 0.717) is 27.2 Å². The molecule has 150 valence electrons. The van der Waals surface area contributed by atoms with Crippen LogP contribution in [-0.4, -0.2) is 10.9 Å². The summed E-state index contributed by atoms with van der Waals surface area (Å²) in [5, 5.41) is 4.21. The maximum absolute atomic E-state index is 12.8. The SMILES string of the molecule is Nc1c(C(=O)Nc2ccccc2Cl)sc2nc3c(cc12)CC(c1ccccc1)CC3. The number of rotatable bonds is 3. The van der Waals surface area contributed by atoms with E-state index in [2.05, 4.69) is 35.6 Å². The standard InChI is InChI=1S/C24H20ClN3OS/c25-18-8-4-5-9-20(18)27-23(29)22-21(26)17-13-16-12-15(14-6-2-1-3-7-14)10-11-19(16)28-24(17)30-22/h1-9,13,15H,10-12,26H2,(H,27,29). The lowest BCUT2D eigenvalue weighted by atomic mass is 9.82. The van der Waals surface area contributed by atoms with E-state index in [0.717, 1.165) is 35.2 Å². The molecule has 30 heavy (non-hydrogen) atoms. The van der Waals surface area contributed by atoms with Crippen molar-refractivity contribution in [3.05, 3.63) is 87.4 Å². The van der Waals surface area contributed by atoms with Crippen LogP contribution in [0.1, 0.15) is 38.8 Å². The average molecular weight is 434 g/mol. The molecule has 4 nitrogen and oxygen atoms in total. The molecule has 0 fully saturated rings. The summed E-state index contributed by atoms with van der Waals surface area (Å²) in [6, 6.07) is 19.9. The van der Waals surface area contributed by atoms with Crippen LogP contribution >= 0.6 is 22.9 Å². The zero-order chi connectivity index (χ0) is 20.7. The number of nitrogen functional groups attached to an aromatic ring is 1. The van der Waals surface area contributed by atoms with Crippen molar-refractivity contribution in [1.82, 2.24) is 4.98 Å². The van der Waals surface area contributed by atoms with Crippen molar-refractivity contribution >= 4 is 50.4 Å². The van der Waals surface area contributed by atoms with Gasteiger partial charge in [-0.25, -0.2) is 4.98 Å². The number of para-hydroxylation sites is 1. The number of aryl methyl sites for hydroxylation is 1. The Kier molecular flexibility index (Phi) is 4.93. The smallest absolute Gasteiger partial charge is 0.267 e. The predicted molar refractivity (Wildman–Crippen MR) is 125 cm³/mol. The molecule has 0 saturated heterocycles. The summed E-state index contributed by atoms with van der Waals surface area (Å²) in [5.74, 6) is 0.226. The second kappa shape index (κ2) is 7.74. The minimum atomic E-state index is -0.260. The molecule has 6 heteroatoms. The molecule has 1 aliphatic carbocycles. The molecule has 2 heterocycles. The number of nitrogens with zero attached hydrogens (tertiary/aromatic N) is 1. The van der Waals surface area contributed by atoms with Crippen LogP contribution < -0.4 is 11.1 Å². The largest absolute Gasteiger partial charge is 0.397 e. The molecular weight excluding hydrogens is 414 g/mol. The van der Waals surface area contributed by atoms with Crippen LogP contribution in [0.4, 0.5) is 11.4 Å². The minimum Gasteiger partial charge on any atom is -0.397 e. The van der Waals surface area contributed by atoms with Crippen LogP contribution in [0.2, 0.25) is 5.02 Å². The number of nitrogens with one attached hydrogen (secondary N) is 1. The van der Waals surface area contributed by atoms with Gasteiger partial charge in [0.15, 0.2) is 0 Å². The Morgan fingerprint density at radius 2 is 1.90 bits per heavy atom. The van der Waals surface area contributed by atoms with Gasteiger partial charge in [-0.2, -0.15) is 0 Å². The van der Waals surface area contributed by atoms with Gasteiger partial charge >= 0.3 is 0 Å². The van der Waals surface area contributed by atoms with Gasteiger partial charge in [0.05, 0.1) is 16.4 Å². The van der Waals surface area contributed by atoms with Crippen LogP contribution in [0.15, 0.2) is 60.7 Å². The summed E-state index contributed by atoms with van der Waals surface area (Å²) >= 11 is 7.51. The molecule has 2 aromatic heterocycles. The fourth-order valence-electron chi connectivity index (χ4n) is 4.11. The number of halogens is 1. The lowest BCUT2D eigenvalue weighted by Crippen LogP contribution is -2.14. The van der Waals surface area contributed by atoms with Crippen molar-refractivity contribution in [3.8, 4) is 0 Å². The van der Waals surface area contributed by atoms with Gasteiger partial charge in [0.1, 0.15) is 9.71 Å². The van der Waals surface area contributed by atoms with Crippen LogP contribution in [-0.2, 0) is 12.8 Å². The van der Waals surface area contributed by atoms with E-state index in [-0.39, 0.29) is 5.91 Å². The van der Waals surface area contributed by atoms with Gasteiger partial charge in [0, 0.05) is 11.1 Å². The highest BCUT2D eigenvalue weighted by atomic mass is 35.5. The average Bonchev–Trinajstić information content (AvgIpc) is 3.09. The van der Waals surface area contributed by atoms with E-state index < -0.39 is 0 Å². The number of thiophene rings is 1. The zero-order valence-electron chi connectivity index (χ0n) is 16.2. The third-order valence-electron chi connectivity index (χ3n) is 5.68. The molecule has 3 N–H and O–H groups in total. The fourth-order valence-corrected chi connectivity index (χ4v) is 5.28. The van der Waals surface area contributed by atoms with Gasteiger partial charge in [-0.15, -0.1) is 11.3 Å². The number of amides is 1. The van der Waals surface area contributed by atoms with Crippen molar-refractivity contribution in [2.75, 3.05) is 11.1 Å². The Morgan fingerprint density at radius 1 is 1.13 bits per heavy atom. The summed E-state index contributed by atoms with van der Waals surface area (Å²) in [6.07, 6.45) is 2.96. The number of pyridine rings is 1. The minimum absolute atomic E-state index is 0.260. The second-order valence-corrected chi connectivity index (χ2v) is 8.98.